The van der Waals surface area contributed by atoms with Gasteiger partial charge in [-0.25, -0.2) is 4.79 Å². The van der Waals surface area contributed by atoms with Gasteiger partial charge in [-0.1, -0.05) is 35.9 Å². The summed E-state index contributed by atoms with van der Waals surface area (Å²) in [5, 5.41) is 3.60. The van der Waals surface area contributed by atoms with Crippen molar-refractivity contribution in [2.45, 2.75) is 43.7 Å². The van der Waals surface area contributed by atoms with Crippen LogP contribution in [0.2, 0.25) is 5.02 Å². The zero-order valence-electron chi connectivity index (χ0n) is 19.5. The average Bonchev–Trinajstić information content (AvgIpc) is 3.49. The maximum atomic E-state index is 13.9. The van der Waals surface area contributed by atoms with Crippen LogP contribution in [0.25, 0.3) is 0 Å². The summed E-state index contributed by atoms with van der Waals surface area (Å²) < 4.78 is 5.69. The number of aromatic nitrogens is 1. The Morgan fingerprint density at radius 3 is 2.57 bits per heavy atom. The molecule has 1 N–H and O–H groups in total. The molecule has 8 nitrogen and oxygen atoms in total. The molecule has 4 heterocycles. The number of rotatable bonds is 6. The van der Waals surface area contributed by atoms with E-state index in [4.69, 9.17) is 16.3 Å². The van der Waals surface area contributed by atoms with Crippen molar-refractivity contribution in [3.05, 3.63) is 64.9 Å². The molecule has 2 atom stereocenters. The van der Waals surface area contributed by atoms with Gasteiger partial charge in [0, 0.05) is 36.8 Å². The molecule has 35 heavy (non-hydrogen) atoms. The lowest BCUT2D eigenvalue weighted by Gasteiger charge is -2.40. The first-order valence-corrected chi connectivity index (χ1v) is 12.5. The van der Waals surface area contributed by atoms with Gasteiger partial charge in [0.2, 0.25) is 5.91 Å². The third kappa shape index (κ3) is 4.52. The molecule has 9 heteroatoms. The van der Waals surface area contributed by atoms with Crippen LogP contribution >= 0.6 is 11.6 Å². The number of amides is 4. The molecule has 3 fully saturated rings. The number of carbonyl (C=O) groups excluding carboxylic acids is 3. The van der Waals surface area contributed by atoms with Gasteiger partial charge < -0.3 is 15.0 Å². The molecule has 0 radical (unpaired) electrons. The number of pyridine rings is 1. The summed E-state index contributed by atoms with van der Waals surface area (Å²) in [6, 6.07) is 12.4. The first kappa shape index (κ1) is 23.8. The Hall–Kier alpha value is -2.97. The second-order valence-electron chi connectivity index (χ2n) is 9.43. The van der Waals surface area contributed by atoms with E-state index in [-0.39, 0.29) is 36.8 Å². The molecule has 3 aliphatic rings. The van der Waals surface area contributed by atoms with Gasteiger partial charge in [0.25, 0.3) is 5.91 Å². The van der Waals surface area contributed by atoms with Gasteiger partial charge in [-0.15, -0.1) is 0 Å². The third-order valence-electron chi connectivity index (χ3n) is 7.37. The Bertz CT molecular complexity index is 1100. The number of hydrogen-bond acceptors (Lipinski definition) is 5. The number of ether oxygens (including phenoxy) is 1. The molecule has 1 aromatic heterocycles. The lowest BCUT2D eigenvalue weighted by molar-refractivity contribution is -0.137. The maximum absolute atomic E-state index is 13.9. The monoisotopic (exact) mass is 496 g/mol. The summed E-state index contributed by atoms with van der Waals surface area (Å²) in [7, 11) is 0. The lowest BCUT2D eigenvalue weighted by atomic mass is 9.75. The van der Waals surface area contributed by atoms with Crippen LogP contribution in [-0.4, -0.2) is 65.0 Å². The Kier molecular flexibility index (Phi) is 6.75. The fraction of sp³-hybridized carbons (Fsp3) is 0.462. The number of likely N-dealkylation sites (tertiary alicyclic amines) is 1. The number of halogens is 1. The molecule has 5 rings (SSSR count). The fourth-order valence-electron chi connectivity index (χ4n) is 5.49. The minimum atomic E-state index is -1.24. The zero-order valence-corrected chi connectivity index (χ0v) is 20.2. The van der Waals surface area contributed by atoms with E-state index >= 15 is 0 Å². The smallest absolute Gasteiger partial charge is 0.325 e. The largest absolute Gasteiger partial charge is 0.376 e. The Morgan fingerprint density at radius 2 is 1.89 bits per heavy atom. The predicted octanol–water partition coefficient (Wildman–Crippen LogP) is 3.14. The van der Waals surface area contributed by atoms with Crippen LogP contribution in [-0.2, 0) is 26.3 Å². The molecule has 2 aromatic rings. The molecule has 184 valence electrons. The number of carbonyl (C=O) groups is 3. The van der Waals surface area contributed by atoms with E-state index in [9.17, 15) is 14.4 Å². The van der Waals surface area contributed by atoms with Crippen LogP contribution in [0.15, 0.2) is 48.7 Å². The molecule has 1 aromatic carbocycles. The van der Waals surface area contributed by atoms with E-state index in [0.29, 0.717) is 43.3 Å². The topological polar surface area (TPSA) is 91.8 Å². The quantitative estimate of drug-likeness (QED) is 0.620. The van der Waals surface area contributed by atoms with Crippen molar-refractivity contribution in [3.63, 3.8) is 0 Å². The van der Waals surface area contributed by atoms with Gasteiger partial charge >= 0.3 is 6.03 Å². The van der Waals surface area contributed by atoms with Gasteiger partial charge in [0.15, 0.2) is 5.54 Å². The van der Waals surface area contributed by atoms with Crippen molar-refractivity contribution in [3.8, 4) is 0 Å². The van der Waals surface area contributed by atoms with Crippen LogP contribution in [0.4, 0.5) is 4.79 Å². The Balaban J connectivity index is 1.34. The van der Waals surface area contributed by atoms with Crippen molar-refractivity contribution in [1.29, 1.82) is 0 Å². The molecule has 0 bridgehead atoms. The highest BCUT2D eigenvalue weighted by Gasteiger charge is 2.58. The van der Waals surface area contributed by atoms with Crippen molar-refractivity contribution in [2.24, 2.45) is 5.92 Å². The van der Waals surface area contributed by atoms with E-state index in [2.05, 4.69) is 10.3 Å². The highest BCUT2D eigenvalue weighted by Crippen LogP contribution is 2.41. The summed E-state index contributed by atoms with van der Waals surface area (Å²) in [5.41, 5.74) is 0.0951. The second-order valence-corrected chi connectivity index (χ2v) is 9.83. The number of urea groups is 1. The minimum Gasteiger partial charge on any atom is -0.376 e. The summed E-state index contributed by atoms with van der Waals surface area (Å²) in [5.74, 6) is -0.463. The molecule has 0 spiro atoms. The van der Waals surface area contributed by atoms with Crippen molar-refractivity contribution in [2.75, 3.05) is 26.2 Å². The number of benzene rings is 1. The van der Waals surface area contributed by atoms with E-state index in [1.807, 2.05) is 29.2 Å². The van der Waals surface area contributed by atoms with Crippen LogP contribution in [0.5, 0.6) is 0 Å². The van der Waals surface area contributed by atoms with Crippen molar-refractivity contribution in [1.82, 2.24) is 20.1 Å². The first-order valence-electron chi connectivity index (χ1n) is 12.2. The summed E-state index contributed by atoms with van der Waals surface area (Å²) in [4.78, 5) is 47.5. The Morgan fingerprint density at radius 1 is 1.11 bits per heavy atom. The van der Waals surface area contributed by atoms with E-state index in [1.54, 1.807) is 24.4 Å². The SMILES string of the molecule is O=C(Cc1ccccc1Cl)N1CCC([C@@]2(c3ccccn3)NC(=O)N(C[C@@H]3CCCO3)C2=O)CC1. The molecule has 3 aliphatic heterocycles. The number of imide groups is 1. The van der Waals surface area contributed by atoms with Crippen LogP contribution in [0.1, 0.15) is 36.9 Å². The molecule has 4 amide bonds. The zero-order chi connectivity index (χ0) is 24.4. The van der Waals surface area contributed by atoms with Gasteiger partial charge in [-0.2, -0.15) is 0 Å². The second kappa shape index (κ2) is 9.95. The Labute approximate surface area is 209 Å². The molecule has 0 aliphatic carbocycles. The number of nitrogens with zero attached hydrogens (tertiary/aromatic N) is 3. The van der Waals surface area contributed by atoms with Crippen LogP contribution in [0.3, 0.4) is 0 Å². The highest BCUT2D eigenvalue weighted by atomic mass is 35.5. The number of hydrogen-bond donors (Lipinski definition) is 1. The molecular weight excluding hydrogens is 468 g/mol. The van der Waals surface area contributed by atoms with Crippen molar-refractivity contribution >= 4 is 29.4 Å². The van der Waals surface area contributed by atoms with Gasteiger partial charge in [-0.3, -0.25) is 19.5 Å². The molecule has 3 saturated heterocycles. The fourth-order valence-corrected chi connectivity index (χ4v) is 5.69. The minimum absolute atomic E-state index is 0.00484. The van der Waals surface area contributed by atoms with Gasteiger partial charge in [-0.05, 0) is 49.4 Å². The number of piperidine rings is 1. The summed E-state index contributed by atoms with van der Waals surface area (Å²) in [6.45, 7) is 1.89. The van der Waals surface area contributed by atoms with E-state index in [0.717, 1.165) is 18.4 Å². The average molecular weight is 497 g/mol. The maximum Gasteiger partial charge on any atom is 0.325 e. The van der Waals surface area contributed by atoms with Crippen LogP contribution in [0, 0.1) is 5.92 Å². The summed E-state index contributed by atoms with van der Waals surface area (Å²) in [6.07, 6.45) is 4.66. The van der Waals surface area contributed by atoms with Gasteiger partial charge in [0.05, 0.1) is 24.8 Å². The highest BCUT2D eigenvalue weighted by molar-refractivity contribution is 6.31. The first-order chi connectivity index (χ1) is 17.0. The van der Waals surface area contributed by atoms with Crippen molar-refractivity contribution < 1.29 is 19.1 Å². The summed E-state index contributed by atoms with van der Waals surface area (Å²) >= 11 is 6.24. The standard InChI is InChI=1S/C26H29ClN4O4/c27-21-8-2-1-6-18(21)16-23(32)30-13-10-19(11-14-30)26(22-9-3-4-12-28-22)24(33)31(25(34)29-26)17-20-7-5-15-35-20/h1-4,6,8-9,12,19-20H,5,7,10-11,13-17H2,(H,29,34)/t20-,26-/m0/s1. The van der Waals surface area contributed by atoms with Gasteiger partial charge in [0.1, 0.15) is 0 Å². The van der Waals surface area contributed by atoms with E-state index < -0.39 is 11.6 Å². The van der Waals surface area contributed by atoms with E-state index in [1.165, 1.54) is 4.90 Å². The normalized spacial score (nSPS) is 25.2. The lowest BCUT2D eigenvalue weighted by Crippen LogP contribution is -2.55. The predicted molar refractivity (Wildman–Crippen MR) is 130 cm³/mol. The number of nitrogens with one attached hydrogen (secondary N) is 1. The molecular formula is C26H29ClN4O4. The molecule has 0 unspecified atom stereocenters. The third-order valence-corrected chi connectivity index (χ3v) is 7.74. The van der Waals surface area contributed by atoms with Crippen LogP contribution < -0.4 is 5.32 Å². The molecule has 0 saturated carbocycles.